The van der Waals surface area contributed by atoms with Crippen molar-refractivity contribution in [2.24, 2.45) is 4.99 Å². The second-order valence-electron chi connectivity index (χ2n) is 3.15. The van der Waals surface area contributed by atoms with Gasteiger partial charge in [-0.3, -0.25) is 4.99 Å². The van der Waals surface area contributed by atoms with Crippen LogP contribution in [0.4, 0.5) is 0 Å². The maximum Gasteiger partial charge on any atom is 0.129 e. The van der Waals surface area contributed by atoms with Crippen LogP contribution < -0.4 is 0 Å². The zero-order chi connectivity index (χ0) is 11.5. The van der Waals surface area contributed by atoms with Gasteiger partial charge >= 0.3 is 0 Å². The molecule has 0 saturated carbocycles. The number of rotatable bonds is 1. The Balaban J connectivity index is 2.24. The van der Waals surface area contributed by atoms with Crippen LogP contribution in [0.1, 0.15) is 6.42 Å². The molecule has 1 heterocycles. The second-order valence-corrected chi connectivity index (χ2v) is 6.74. The van der Waals surface area contributed by atoms with E-state index in [-0.39, 0.29) is 0 Å². The third kappa shape index (κ3) is 3.23. The van der Waals surface area contributed by atoms with Crippen LogP contribution >= 0.6 is 58.3 Å². The molecule has 0 saturated heterocycles. The Morgan fingerprint density at radius 1 is 1.19 bits per heavy atom. The molecule has 0 spiro atoms. The number of hydrogen-bond acceptors (Lipinski definition) is 3. The smallest absolute Gasteiger partial charge is 0.129 e. The molecule has 0 fully saturated rings. The van der Waals surface area contributed by atoms with Crippen LogP contribution in [-0.4, -0.2) is 16.7 Å². The summed E-state index contributed by atoms with van der Waals surface area (Å²) in [7, 11) is 0. The van der Waals surface area contributed by atoms with Gasteiger partial charge in [-0.05, 0) is 18.6 Å². The highest BCUT2D eigenvalue weighted by Gasteiger charge is 2.14. The van der Waals surface area contributed by atoms with Crippen LogP contribution in [0.2, 0.25) is 15.1 Å². The van der Waals surface area contributed by atoms with Gasteiger partial charge in [0.1, 0.15) is 4.38 Å². The number of benzene rings is 1. The fourth-order valence-corrected chi connectivity index (χ4v) is 4.27. The zero-order valence-electron chi connectivity index (χ0n) is 8.17. The highest BCUT2D eigenvalue weighted by Crippen LogP contribution is 2.39. The van der Waals surface area contributed by atoms with E-state index in [1.807, 2.05) is 0 Å². The van der Waals surface area contributed by atoms with Crippen molar-refractivity contribution in [2.45, 2.75) is 11.3 Å². The lowest BCUT2D eigenvalue weighted by atomic mass is 10.4. The molecule has 1 nitrogen and oxygen atoms in total. The van der Waals surface area contributed by atoms with E-state index in [2.05, 4.69) is 4.99 Å². The molecule has 0 unspecified atom stereocenters. The minimum Gasteiger partial charge on any atom is -0.271 e. The Kier molecular flexibility index (Phi) is 4.74. The van der Waals surface area contributed by atoms with Gasteiger partial charge < -0.3 is 0 Å². The van der Waals surface area contributed by atoms with E-state index in [4.69, 9.17) is 34.8 Å². The van der Waals surface area contributed by atoms with Crippen LogP contribution in [0, 0.1) is 0 Å². The van der Waals surface area contributed by atoms with Crippen molar-refractivity contribution >= 4 is 62.7 Å². The molecule has 0 bridgehead atoms. The molecule has 0 aromatic heterocycles. The molecular formula is C10H8Cl3NS2. The average molecular weight is 313 g/mol. The summed E-state index contributed by atoms with van der Waals surface area (Å²) >= 11 is 21.3. The molecule has 0 amide bonds. The quantitative estimate of drug-likeness (QED) is 0.704. The second kappa shape index (κ2) is 5.87. The van der Waals surface area contributed by atoms with E-state index in [9.17, 15) is 0 Å². The molecule has 0 atom stereocenters. The molecule has 0 radical (unpaired) electrons. The van der Waals surface area contributed by atoms with Crippen molar-refractivity contribution in [3.05, 3.63) is 27.2 Å². The Labute approximate surface area is 118 Å². The van der Waals surface area contributed by atoms with Crippen molar-refractivity contribution in [2.75, 3.05) is 12.3 Å². The van der Waals surface area contributed by atoms with Gasteiger partial charge in [0.25, 0.3) is 0 Å². The first-order valence-corrected chi connectivity index (χ1v) is 7.60. The van der Waals surface area contributed by atoms with E-state index in [1.54, 1.807) is 23.9 Å². The summed E-state index contributed by atoms with van der Waals surface area (Å²) in [5.74, 6) is 1.11. The molecule has 1 aromatic rings. The van der Waals surface area contributed by atoms with Crippen molar-refractivity contribution in [3.8, 4) is 0 Å². The molecule has 0 aliphatic carbocycles. The number of thioether (sulfide) groups is 2. The van der Waals surface area contributed by atoms with Gasteiger partial charge in [-0.15, -0.1) is 0 Å². The number of halogens is 3. The average Bonchev–Trinajstić information content (AvgIpc) is 2.25. The summed E-state index contributed by atoms with van der Waals surface area (Å²) in [5.41, 5.74) is 0. The molecule has 1 aliphatic rings. The Morgan fingerprint density at radius 3 is 2.44 bits per heavy atom. The lowest BCUT2D eigenvalue weighted by molar-refractivity contribution is 0.942. The van der Waals surface area contributed by atoms with Crippen molar-refractivity contribution in [1.82, 2.24) is 0 Å². The fourth-order valence-electron chi connectivity index (χ4n) is 1.22. The van der Waals surface area contributed by atoms with Crippen molar-refractivity contribution < 1.29 is 0 Å². The largest absolute Gasteiger partial charge is 0.271 e. The molecule has 0 N–H and O–H groups in total. The van der Waals surface area contributed by atoms with E-state index in [0.29, 0.717) is 15.1 Å². The van der Waals surface area contributed by atoms with Crippen LogP contribution in [0.3, 0.4) is 0 Å². The van der Waals surface area contributed by atoms with E-state index in [0.717, 1.165) is 28.0 Å². The first-order chi connectivity index (χ1) is 7.66. The summed E-state index contributed by atoms with van der Waals surface area (Å²) in [5, 5.41) is 1.71. The SMILES string of the molecule is Clc1cc(Cl)c(SC2=NCCCS2)c(Cl)c1. The molecule has 6 heteroatoms. The number of hydrogen-bond donors (Lipinski definition) is 0. The minimum atomic E-state index is 0.553. The number of nitrogens with zero attached hydrogens (tertiary/aromatic N) is 1. The summed E-state index contributed by atoms with van der Waals surface area (Å²) in [6, 6.07) is 3.40. The van der Waals surface area contributed by atoms with Gasteiger partial charge in [0, 0.05) is 17.3 Å². The van der Waals surface area contributed by atoms with Crippen LogP contribution in [-0.2, 0) is 0 Å². The molecule has 2 rings (SSSR count). The molecular weight excluding hydrogens is 305 g/mol. The first kappa shape index (κ1) is 12.9. The van der Waals surface area contributed by atoms with Crippen molar-refractivity contribution in [3.63, 3.8) is 0 Å². The third-order valence-electron chi connectivity index (χ3n) is 1.92. The molecule has 1 aliphatic heterocycles. The predicted octanol–water partition coefficient (Wildman–Crippen LogP) is 5.23. The van der Waals surface area contributed by atoms with Crippen LogP contribution in [0.25, 0.3) is 0 Å². The lowest BCUT2D eigenvalue weighted by Crippen LogP contribution is -1.99. The van der Waals surface area contributed by atoms with Gasteiger partial charge in [-0.1, -0.05) is 58.3 Å². The molecule has 16 heavy (non-hydrogen) atoms. The maximum atomic E-state index is 6.10. The Bertz CT molecular complexity index is 411. The van der Waals surface area contributed by atoms with Crippen molar-refractivity contribution in [1.29, 1.82) is 0 Å². The summed E-state index contributed by atoms with van der Waals surface area (Å²) in [6.45, 7) is 0.887. The summed E-state index contributed by atoms with van der Waals surface area (Å²) < 4.78 is 1.03. The normalized spacial score (nSPS) is 16.1. The van der Waals surface area contributed by atoms with Gasteiger partial charge in [-0.25, -0.2) is 0 Å². The molecule has 1 aromatic carbocycles. The highest BCUT2D eigenvalue weighted by atomic mass is 35.5. The first-order valence-electron chi connectivity index (χ1n) is 4.66. The summed E-state index contributed by atoms with van der Waals surface area (Å²) in [6.07, 6.45) is 1.14. The van der Waals surface area contributed by atoms with Crippen LogP contribution in [0.15, 0.2) is 22.0 Å². The van der Waals surface area contributed by atoms with E-state index in [1.165, 1.54) is 11.8 Å². The molecule has 86 valence electrons. The fraction of sp³-hybridized carbons (Fsp3) is 0.300. The van der Waals surface area contributed by atoms with Crippen LogP contribution in [0.5, 0.6) is 0 Å². The predicted molar refractivity (Wildman–Crippen MR) is 76.7 cm³/mol. The highest BCUT2D eigenvalue weighted by molar-refractivity contribution is 8.39. The topological polar surface area (TPSA) is 12.4 Å². The monoisotopic (exact) mass is 311 g/mol. The van der Waals surface area contributed by atoms with Gasteiger partial charge in [0.15, 0.2) is 0 Å². The third-order valence-corrected chi connectivity index (χ3v) is 5.38. The lowest BCUT2D eigenvalue weighted by Gasteiger charge is -2.12. The van der Waals surface area contributed by atoms with E-state index >= 15 is 0 Å². The Morgan fingerprint density at radius 2 is 1.88 bits per heavy atom. The standard InChI is InChI=1S/C10H8Cl3NS2/c11-6-4-7(12)9(8(13)5-6)16-10-14-2-1-3-15-10/h4-5H,1-3H2. The Hall–Kier alpha value is 0.460. The summed E-state index contributed by atoms with van der Waals surface area (Å²) in [4.78, 5) is 5.26. The number of aliphatic imine (C=N–C) groups is 1. The van der Waals surface area contributed by atoms with Gasteiger partial charge in [-0.2, -0.15) is 0 Å². The maximum absolute atomic E-state index is 6.10. The minimum absolute atomic E-state index is 0.553. The van der Waals surface area contributed by atoms with Gasteiger partial charge in [0.2, 0.25) is 0 Å². The zero-order valence-corrected chi connectivity index (χ0v) is 12.1. The van der Waals surface area contributed by atoms with E-state index < -0.39 is 0 Å². The van der Waals surface area contributed by atoms with Gasteiger partial charge in [0.05, 0.1) is 14.9 Å².